The van der Waals surface area contributed by atoms with Gasteiger partial charge in [-0.2, -0.15) is 0 Å². The largest absolute Gasteiger partial charge is 0.480 e. The molecule has 0 aromatic heterocycles. The van der Waals surface area contributed by atoms with E-state index in [1.54, 1.807) is 4.90 Å². The molecule has 136 valence electrons. The molecule has 0 bridgehead atoms. The highest BCUT2D eigenvalue weighted by molar-refractivity contribution is 5.84. The molecule has 3 rings (SSSR count). The van der Waals surface area contributed by atoms with Crippen molar-refractivity contribution in [3.8, 4) is 0 Å². The molecule has 1 aliphatic heterocycles. The Kier molecular flexibility index (Phi) is 5.86. The number of nitrogens with zero attached hydrogens (tertiary/aromatic N) is 1. The number of rotatable bonds is 5. The summed E-state index contributed by atoms with van der Waals surface area (Å²) in [7, 11) is 0. The molecule has 0 aliphatic carbocycles. The lowest BCUT2D eigenvalue weighted by Crippen LogP contribution is -2.53. The van der Waals surface area contributed by atoms with Crippen molar-refractivity contribution in [3.63, 3.8) is 0 Å². The summed E-state index contributed by atoms with van der Waals surface area (Å²) in [6.45, 7) is 1.84. The maximum absolute atomic E-state index is 12.6. The van der Waals surface area contributed by atoms with E-state index in [0.717, 1.165) is 11.1 Å². The second kappa shape index (κ2) is 8.49. The molecule has 0 saturated carbocycles. The Morgan fingerprint density at radius 2 is 1.42 bits per heavy atom. The van der Waals surface area contributed by atoms with Crippen LogP contribution in [0.15, 0.2) is 60.7 Å². The molecule has 0 spiro atoms. The Morgan fingerprint density at radius 1 is 0.923 bits per heavy atom. The first-order valence-electron chi connectivity index (χ1n) is 8.62. The number of ether oxygens (including phenoxy) is 1. The summed E-state index contributed by atoms with van der Waals surface area (Å²) in [6.07, 6.45) is 0. The smallest absolute Gasteiger partial charge is 0.327 e. The van der Waals surface area contributed by atoms with Gasteiger partial charge in [0, 0.05) is 19.0 Å². The van der Waals surface area contributed by atoms with Crippen LogP contribution in [0, 0.1) is 0 Å². The van der Waals surface area contributed by atoms with Crippen molar-refractivity contribution in [3.05, 3.63) is 71.8 Å². The first-order valence-corrected chi connectivity index (χ1v) is 8.62. The van der Waals surface area contributed by atoms with Crippen molar-refractivity contribution in [1.82, 2.24) is 10.2 Å². The number of hydrogen-bond donors (Lipinski definition) is 2. The van der Waals surface area contributed by atoms with Crippen molar-refractivity contribution in [2.75, 3.05) is 26.3 Å². The predicted octanol–water partition coefficient (Wildman–Crippen LogP) is 2.31. The summed E-state index contributed by atoms with van der Waals surface area (Å²) in [6, 6.07) is 17.3. The predicted molar refractivity (Wildman–Crippen MR) is 97.1 cm³/mol. The zero-order valence-corrected chi connectivity index (χ0v) is 14.4. The van der Waals surface area contributed by atoms with Gasteiger partial charge >= 0.3 is 12.0 Å². The van der Waals surface area contributed by atoms with Crippen LogP contribution >= 0.6 is 0 Å². The third-order valence-electron chi connectivity index (χ3n) is 4.49. The van der Waals surface area contributed by atoms with Crippen LogP contribution in [0.25, 0.3) is 0 Å². The molecule has 2 aromatic carbocycles. The normalized spacial score (nSPS) is 15.5. The highest BCUT2D eigenvalue weighted by Gasteiger charge is 2.33. The first-order chi connectivity index (χ1) is 12.7. The molecule has 1 atom stereocenters. The molecule has 2 amide bonds. The molecule has 6 nitrogen and oxygen atoms in total. The van der Waals surface area contributed by atoms with Gasteiger partial charge in [0.1, 0.15) is 6.04 Å². The number of carbonyl (C=O) groups is 2. The fraction of sp³-hybridized carbons (Fsp3) is 0.300. The van der Waals surface area contributed by atoms with Gasteiger partial charge in [0.2, 0.25) is 0 Å². The van der Waals surface area contributed by atoms with E-state index in [-0.39, 0.29) is 6.03 Å². The fourth-order valence-electron chi connectivity index (χ4n) is 3.18. The SMILES string of the molecule is O=C(O)[C@@H](NC(=O)N1CCOCC1)C(c1ccccc1)c1ccccc1. The molecule has 1 fully saturated rings. The summed E-state index contributed by atoms with van der Waals surface area (Å²) >= 11 is 0. The van der Waals surface area contributed by atoms with Crippen molar-refractivity contribution >= 4 is 12.0 Å². The lowest BCUT2D eigenvalue weighted by atomic mass is 9.85. The Labute approximate surface area is 152 Å². The van der Waals surface area contributed by atoms with Crippen molar-refractivity contribution in [2.24, 2.45) is 0 Å². The maximum Gasteiger partial charge on any atom is 0.327 e. The topological polar surface area (TPSA) is 78.9 Å². The third-order valence-corrected chi connectivity index (χ3v) is 4.49. The van der Waals surface area contributed by atoms with Gasteiger partial charge in [-0.15, -0.1) is 0 Å². The van der Waals surface area contributed by atoms with Crippen LogP contribution in [-0.4, -0.2) is 54.4 Å². The average molecular weight is 354 g/mol. The van der Waals surface area contributed by atoms with Gasteiger partial charge in [-0.05, 0) is 11.1 Å². The number of hydrogen-bond acceptors (Lipinski definition) is 3. The van der Waals surface area contributed by atoms with Gasteiger partial charge in [0.15, 0.2) is 0 Å². The number of nitrogens with one attached hydrogen (secondary N) is 1. The number of carboxylic acids is 1. The van der Waals surface area contributed by atoms with Gasteiger partial charge in [0.05, 0.1) is 13.2 Å². The number of morpholine rings is 1. The zero-order valence-electron chi connectivity index (χ0n) is 14.4. The average Bonchev–Trinajstić information content (AvgIpc) is 2.69. The number of urea groups is 1. The van der Waals surface area contributed by atoms with Crippen LogP contribution in [0.3, 0.4) is 0 Å². The Hall–Kier alpha value is -2.86. The van der Waals surface area contributed by atoms with Gasteiger partial charge in [-0.1, -0.05) is 60.7 Å². The quantitative estimate of drug-likeness (QED) is 0.864. The molecule has 0 radical (unpaired) electrons. The summed E-state index contributed by atoms with van der Waals surface area (Å²) in [5.74, 6) is -1.55. The molecule has 26 heavy (non-hydrogen) atoms. The monoisotopic (exact) mass is 354 g/mol. The molecule has 2 aromatic rings. The highest BCUT2D eigenvalue weighted by Crippen LogP contribution is 2.28. The van der Waals surface area contributed by atoms with E-state index in [4.69, 9.17) is 4.74 Å². The minimum atomic E-state index is -1.07. The second-order valence-electron chi connectivity index (χ2n) is 6.16. The number of carbonyl (C=O) groups excluding carboxylic acids is 1. The van der Waals surface area contributed by atoms with Crippen LogP contribution in [0.4, 0.5) is 4.79 Å². The van der Waals surface area contributed by atoms with Crippen LogP contribution in [0.1, 0.15) is 17.0 Å². The molecular formula is C20H22N2O4. The first kappa shape index (κ1) is 17.9. The summed E-state index contributed by atoms with van der Waals surface area (Å²) < 4.78 is 5.25. The van der Waals surface area contributed by atoms with E-state index < -0.39 is 17.9 Å². The van der Waals surface area contributed by atoms with E-state index in [0.29, 0.717) is 26.3 Å². The van der Waals surface area contributed by atoms with Crippen molar-refractivity contribution in [1.29, 1.82) is 0 Å². The van der Waals surface area contributed by atoms with E-state index >= 15 is 0 Å². The summed E-state index contributed by atoms with van der Waals surface area (Å²) in [5, 5.41) is 12.6. The third kappa shape index (κ3) is 4.21. The minimum absolute atomic E-state index is 0.377. The number of benzene rings is 2. The van der Waals surface area contributed by atoms with E-state index in [9.17, 15) is 14.7 Å². The molecule has 0 unspecified atom stereocenters. The maximum atomic E-state index is 12.6. The van der Waals surface area contributed by atoms with E-state index in [1.165, 1.54) is 0 Å². The molecular weight excluding hydrogens is 332 g/mol. The minimum Gasteiger partial charge on any atom is -0.480 e. The van der Waals surface area contributed by atoms with Gasteiger partial charge < -0.3 is 20.1 Å². The van der Waals surface area contributed by atoms with Gasteiger partial charge in [-0.3, -0.25) is 0 Å². The lowest BCUT2D eigenvalue weighted by Gasteiger charge is -2.31. The van der Waals surface area contributed by atoms with Crippen LogP contribution < -0.4 is 5.32 Å². The molecule has 1 heterocycles. The van der Waals surface area contributed by atoms with Gasteiger partial charge in [0.25, 0.3) is 0 Å². The molecule has 6 heteroatoms. The lowest BCUT2D eigenvalue weighted by molar-refractivity contribution is -0.139. The Bertz CT molecular complexity index is 690. The second-order valence-corrected chi connectivity index (χ2v) is 6.16. The van der Waals surface area contributed by atoms with Crippen molar-refractivity contribution in [2.45, 2.75) is 12.0 Å². The summed E-state index contributed by atoms with van der Waals surface area (Å²) in [5.41, 5.74) is 1.68. The highest BCUT2D eigenvalue weighted by atomic mass is 16.5. The summed E-state index contributed by atoms with van der Waals surface area (Å²) in [4.78, 5) is 26.2. The molecule has 1 saturated heterocycles. The molecule has 1 aliphatic rings. The molecule has 2 N–H and O–H groups in total. The fourth-order valence-corrected chi connectivity index (χ4v) is 3.18. The standard InChI is InChI=1S/C20H22N2O4/c23-19(24)18(21-20(25)22-11-13-26-14-12-22)17(15-7-3-1-4-8-15)16-9-5-2-6-10-16/h1-10,17-18H,11-14H2,(H,21,25)(H,23,24)/t18-/m0/s1. The number of amides is 2. The Morgan fingerprint density at radius 3 is 1.88 bits per heavy atom. The van der Waals surface area contributed by atoms with Crippen LogP contribution in [-0.2, 0) is 9.53 Å². The van der Waals surface area contributed by atoms with Gasteiger partial charge in [-0.25, -0.2) is 9.59 Å². The zero-order chi connectivity index (χ0) is 18.4. The number of carboxylic acid groups (broad SMARTS) is 1. The van der Waals surface area contributed by atoms with E-state index in [2.05, 4.69) is 5.32 Å². The Balaban J connectivity index is 1.90. The van der Waals surface area contributed by atoms with E-state index in [1.807, 2.05) is 60.7 Å². The van der Waals surface area contributed by atoms with Crippen molar-refractivity contribution < 1.29 is 19.4 Å². The van der Waals surface area contributed by atoms with Crippen LogP contribution in [0.2, 0.25) is 0 Å². The number of aliphatic carboxylic acids is 1. The van der Waals surface area contributed by atoms with Crippen LogP contribution in [0.5, 0.6) is 0 Å².